The van der Waals surface area contributed by atoms with Crippen molar-refractivity contribution in [2.45, 2.75) is 11.8 Å². The van der Waals surface area contributed by atoms with Gasteiger partial charge in [0.2, 0.25) is 0 Å². The van der Waals surface area contributed by atoms with Crippen LogP contribution in [0.15, 0.2) is 127 Å². The van der Waals surface area contributed by atoms with Gasteiger partial charge >= 0.3 is 5.97 Å². The zero-order valence-electron chi connectivity index (χ0n) is 24.9. The Balaban J connectivity index is 1.31. The highest BCUT2D eigenvalue weighted by atomic mass is 35.5. The number of halogens is 1. The topological polar surface area (TPSA) is 235 Å². The van der Waals surface area contributed by atoms with Crippen molar-refractivity contribution in [2.24, 2.45) is 25.6 Å². The Bertz CT molecular complexity index is 2210. The average Bonchev–Trinajstić information content (AvgIpc) is 3.05. The molecule has 0 radical (unpaired) electrons. The lowest BCUT2D eigenvalue weighted by Crippen LogP contribution is -2.15. The van der Waals surface area contributed by atoms with Crippen molar-refractivity contribution in [3.63, 3.8) is 0 Å². The predicted octanol–water partition coefficient (Wildman–Crippen LogP) is 7.48. The first-order valence-electron chi connectivity index (χ1n) is 13.8. The summed E-state index contributed by atoms with van der Waals surface area (Å²) in [7, 11) is -4.61. The Morgan fingerprint density at radius 2 is 1.48 bits per heavy atom. The van der Waals surface area contributed by atoms with Gasteiger partial charge in [0, 0.05) is 5.02 Å². The molecule has 14 nitrogen and oxygen atoms in total. The van der Waals surface area contributed by atoms with E-state index in [-0.39, 0.29) is 39.0 Å². The molecule has 0 atom stereocenters. The van der Waals surface area contributed by atoms with E-state index in [1.165, 1.54) is 24.3 Å². The number of allylic oxidation sites excluding steroid dienone is 3. The summed E-state index contributed by atoms with van der Waals surface area (Å²) in [6, 6.07) is 19.8. The zero-order chi connectivity index (χ0) is 34.6. The van der Waals surface area contributed by atoms with Crippen molar-refractivity contribution in [3.8, 4) is 11.1 Å². The molecule has 0 spiro atoms. The molecule has 1 aliphatic carbocycles. The Morgan fingerprint density at radius 3 is 2.12 bits per heavy atom. The highest BCUT2D eigenvalue weighted by Gasteiger charge is 2.19. The van der Waals surface area contributed by atoms with Crippen LogP contribution in [0.2, 0.25) is 5.02 Å². The van der Waals surface area contributed by atoms with E-state index in [0.717, 1.165) is 23.3 Å². The number of ketones is 1. The van der Waals surface area contributed by atoms with Crippen molar-refractivity contribution in [1.82, 2.24) is 0 Å². The number of carbonyl (C=O) groups is 2. The standard InChI is InChI=1S/C32H25ClN8O6S/c1-17-14-26(30(35)31(29(17)34)41-39-25-15-20(33)6-13-28(25)48(45,46)47)40-37-22-9-4-19(5-10-22)18-2-7-21(8-3-18)36-38-23-11-12-27(42)24(16-23)32(43)44/h2-16,36H,34-35H2,1H3,(H,43,44)(H,45,46,47). The largest absolute Gasteiger partial charge is 0.478 e. The molecule has 4 aromatic rings. The smallest absolute Gasteiger partial charge is 0.339 e. The zero-order valence-corrected chi connectivity index (χ0v) is 26.4. The number of nitrogen functional groups attached to an aromatic ring is 2. The van der Waals surface area contributed by atoms with E-state index >= 15 is 0 Å². The highest BCUT2D eigenvalue weighted by molar-refractivity contribution is 7.86. The second kappa shape index (κ2) is 13.8. The van der Waals surface area contributed by atoms with Crippen molar-refractivity contribution >= 4 is 79.0 Å². The summed E-state index contributed by atoms with van der Waals surface area (Å²) in [5, 5.41) is 30.0. The molecule has 48 heavy (non-hydrogen) atoms. The van der Waals surface area contributed by atoms with Gasteiger partial charge in [-0.2, -0.15) is 18.6 Å². The Hall–Kier alpha value is -6.03. The van der Waals surface area contributed by atoms with E-state index in [4.69, 9.17) is 28.2 Å². The Labute approximate surface area is 278 Å². The van der Waals surface area contributed by atoms with Gasteiger partial charge in [-0.3, -0.25) is 14.8 Å². The fraction of sp³-hybridized carbons (Fsp3) is 0.0312. The molecule has 5 rings (SSSR count). The summed E-state index contributed by atoms with van der Waals surface area (Å²) < 4.78 is 33.1. The average molecular weight is 685 g/mol. The Kier molecular flexibility index (Phi) is 9.56. The molecule has 0 bridgehead atoms. The molecule has 0 saturated carbocycles. The predicted molar refractivity (Wildman–Crippen MR) is 182 cm³/mol. The number of carboxylic acids is 1. The summed E-state index contributed by atoms with van der Waals surface area (Å²) in [5.74, 6) is -1.91. The summed E-state index contributed by atoms with van der Waals surface area (Å²) in [5.41, 5.74) is 19.1. The summed E-state index contributed by atoms with van der Waals surface area (Å²) in [6.07, 6.45) is 3.78. The van der Waals surface area contributed by atoms with E-state index in [2.05, 4.69) is 31.0 Å². The lowest BCUT2D eigenvalue weighted by atomic mass is 10.0. The number of aryl methyl sites for hydroxylation is 1. The second-order valence-electron chi connectivity index (χ2n) is 10.2. The van der Waals surface area contributed by atoms with Crippen LogP contribution in [-0.4, -0.2) is 35.5 Å². The normalized spacial score (nSPS) is 14.2. The highest BCUT2D eigenvalue weighted by Crippen LogP contribution is 2.42. The molecule has 7 N–H and O–H groups in total. The minimum absolute atomic E-state index is 0.0386. The maximum Gasteiger partial charge on any atom is 0.339 e. The molecule has 16 heteroatoms. The van der Waals surface area contributed by atoms with E-state index in [9.17, 15) is 22.6 Å². The van der Waals surface area contributed by atoms with Crippen LogP contribution in [0.25, 0.3) is 11.1 Å². The van der Waals surface area contributed by atoms with E-state index < -0.39 is 26.8 Å². The first kappa shape index (κ1) is 33.3. The van der Waals surface area contributed by atoms with Crippen molar-refractivity contribution in [2.75, 3.05) is 16.9 Å². The number of carboxylic acid groups (broad SMARTS) is 1. The number of aliphatic carboxylic acids is 1. The van der Waals surface area contributed by atoms with Gasteiger partial charge in [-0.1, -0.05) is 35.9 Å². The molecule has 4 aromatic carbocycles. The first-order valence-corrected chi connectivity index (χ1v) is 15.6. The minimum atomic E-state index is -4.61. The lowest BCUT2D eigenvalue weighted by Gasteiger charge is -2.10. The molecule has 242 valence electrons. The van der Waals surface area contributed by atoms with Crippen molar-refractivity contribution < 1.29 is 27.7 Å². The van der Waals surface area contributed by atoms with Crippen molar-refractivity contribution in [1.29, 1.82) is 0 Å². The molecule has 0 heterocycles. The first-order chi connectivity index (χ1) is 22.8. The number of azo groups is 2. The van der Waals surface area contributed by atoms with E-state index in [1.807, 2.05) is 24.3 Å². The molecular weight excluding hydrogens is 660 g/mol. The van der Waals surface area contributed by atoms with Crippen LogP contribution < -0.4 is 16.9 Å². The van der Waals surface area contributed by atoms with Gasteiger partial charge in [0.15, 0.2) is 5.78 Å². The number of hydrogen-bond acceptors (Lipinski definition) is 12. The van der Waals surface area contributed by atoms with Gasteiger partial charge in [0.1, 0.15) is 27.5 Å². The van der Waals surface area contributed by atoms with E-state index in [0.29, 0.717) is 22.6 Å². The lowest BCUT2D eigenvalue weighted by molar-refractivity contribution is -0.134. The fourth-order valence-corrected chi connectivity index (χ4v) is 5.12. The van der Waals surface area contributed by atoms with Crippen LogP contribution in [0.5, 0.6) is 0 Å². The van der Waals surface area contributed by atoms with Crippen LogP contribution in [0.1, 0.15) is 5.56 Å². The summed E-state index contributed by atoms with van der Waals surface area (Å²) >= 11 is 5.98. The monoisotopic (exact) mass is 684 g/mol. The molecular formula is C32H25ClN8O6S. The molecule has 0 fully saturated rings. The van der Waals surface area contributed by atoms with Crippen LogP contribution in [-0.2, 0) is 19.7 Å². The Morgan fingerprint density at radius 1 is 0.833 bits per heavy atom. The number of rotatable bonds is 9. The SMILES string of the molecule is Cc1cc(N=Nc2ccc(-c3ccc(NN=C4C=CC(=O)C(C(=O)O)=C4)cc3)cc2)c(N)c(N=Nc2cc(Cl)ccc2S(=O)(=O)O)c1N. The van der Waals surface area contributed by atoms with Gasteiger partial charge in [-0.05, 0) is 90.4 Å². The number of carbonyl (C=O) groups excluding carboxylic acids is 1. The summed E-state index contributed by atoms with van der Waals surface area (Å²) in [6.45, 7) is 1.71. The van der Waals surface area contributed by atoms with Gasteiger partial charge in [-0.25, -0.2) is 4.79 Å². The molecule has 0 aliphatic heterocycles. The van der Waals surface area contributed by atoms with Gasteiger partial charge in [0.05, 0.1) is 28.5 Å². The maximum absolute atomic E-state index is 11.8. The third-order valence-corrected chi connectivity index (χ3v) is 8.02. The van der Waals surface area contributed by atoms with Crippen LogP contribution in [0.4, 0.5) is 39.8 Å². The van der Waals surface area contributed by atoms with Crippen LogP contribution in [0.3, 0.4) is 0 Å². The molecule has 0 saturated heterocycles. The minimum Gasteiger partial charge on any atom is -0.478 e. The number of nitrogens with zero attached hydrogens (tertiary/aromatic N) is 5. The number of nitrogens with two attached hydrogens (primary N) is 2. The quantitative estimate of drug-likeness (QED) is 0.0293. The molecule has 0 unspecified atom stereocenters. The van der Waals surface area contributed by atoms with Gasteiger partial charge in [-0.15, -0.1) is 15.3 Å². The summed E-state index contributed by atoms with van der Waals surface area (Å²) in [4.78, 5) is 22.3. The van der Waals surface area contributed by atoms with Crippen molar-refractivity contribution in [3.05, 3.63) is 107 Å². The van der Waals surface area contributed by atoms with Gasteiger partial charge in [0.25, 0.3) is 10.1 Å². The van der Waals surface area contributed by atoms with Crippen LogP contribution in [0, 0.1) is 6.92 Å². The third-order valence-electron chi connectivity index (χ3n) is 6.89. The number of nitrogens with one attached hydrogen (secondary N) is 1. The van der Waals surface area contributed by atoms with Gasteiger partial charge < -0.3 is 16.6 Å². The number of benzene rings is 4. The molecule has 0 aromatic heterocycles. The number of anilines is 3. The fourth-order valence-electron chi connectivity index (χ4n) is 4.35. The molecule has 0 amide bonds. The number of hydrazone groups is 1. The number of hydrogen-bond donors (Lipinski definition) is 5. The molecule has 1 aliphatic rings. The van der Waals surface area contributed by atoms with Crippen LogP contribution >= 0.6 is 11.6 Å². The maximum atomic E-state index is 11.8. The van der Waals surface area contributed by atoms with E-state index in [1.54, 1.807) is 37.3 Å². The second-order valence-corrected chi connectivity index (χ2v) is 12.0. The third kappa shape index (κ3) is 7.67.